The normalized spacial score (nSPS) is 11.6. The topological polar surface area (TPSA) is 127 Å². The predicted molar refractivity (Wildman–Crippen MR) is 73.3 cm³/mol. The summed E-state index contributed by atoms with van der Waals surface area (Å²) in [5.74, 6) is 0.150. The average molecular weight is 290 g/mol. The molecule has 0 aliphatic rings. The summed E-state index contributed by atoms with van der Waals surface area (Å²) in [6.45, 7) is 0. The van der Waals surface area contributed by atoms with Gasteiger partial charge in [0.1, 0.15) is 6.33 Å². The molecule has 0 aliphatic carbocycles. The molecule has 102 valence electrons. The van der Waals surface area contributed by atoms with Crippen LogP contribution in [0.4, 0.5) is 11.5 Å². The van der Waals surface area contributed by atoms with Crippen molar-refractivity contribution in [2.75, 3.05) is 10.5 Å². The summed E-state index contributed by atoms with van der Waals surface area (Å²) in [4.78, 5) is 7.87. The van der Waals surface area contributed by atoms with E-state index in [4.69, 9.17) is 5.73 Å². The van der Waals surface area contributed by atoms with Gasteiger partial charge in [-0.15, -0.1) is 0 Å². The minimum Gasteiger partial charge on any atom is -0.399 e. The van der Waals surface area contributed by atoms with Crippen LogP contribution < -0.4 is 10.5 Å². The Labute approximate surface area is 114 Å². The number of fused-ring (bicyclic) bond motifs is 1. The maximum absolute atomic E-state index is 12.2. The fraction of sp³-hybridized carbons (Fsp3) is 0. The first-order valence-electron chi connectivity index (χ1n) is 5.59. The molecular weight excluding hydrogens is 280 g/mol. The van der Waals surface area contributed by atoms with Crippen LogP contribution in [-0.4, -0.2) is 28.6 Å². The third-order valence-electron chi connectivity index (χ3n) is 2.66. The number of nitrogens with zero attached hydrogens (tertiary/aromatic N) is 3. The van der Waals surface area contributed by atoms with Gasteiger partial charge in [0.2, 0.25) is 0 Å². The fourth-order valence-corrected chi connectivity index (χ4v) is 2.69. The van der Waals surface area contributed by atoms with Crippen molar-refractivity contribution in [1.29, 1.82) is 0 Å². The molecule has 0 radical (unpaired) electrons. The molecule has 20 heavy (non-hydrogen) atoms. The zero-order chi connectivity index (χ0) is 14.2. The molecule has 0 fully saturated rings. The zero-order valence-corrected chi connectivity index (χ0v) is 10.9. The molecule has 0 bridgehead atoms. The number of hydrogen-bond acceptors (Lipinski definition) is 6. The van der Waals surface area contributed by atoms with E-state index in [1.54, 1.807) is 0 Å². The summed E-state index contributed by atoms with van der Waals surface area (Å²) < 4.78 is 26.8. The van der Waals surface area contributed by atoms with Crippen LogP contribution in [0.3, 0.4) is 0 Å². The predicted octanol–water partition coefficient (Wildman–Crippen LogP) is 0.736. The van der Waals surface area contributed by atoms with Gasteiger partial charge < -0.3 is 5.73 Å². The number of rotatable bonds is 3. The second-order valence-electron chi connectivity index (χ2n) is 4.03. The minimum atomic E-state index is -3.74. The number of hydrogen-bond donors (Lipinski definition) is 3. The molecule has 0 saturated heterocycles. The third kappa shape index (κ3) is 2.14. The second kappa shape index (κ2) is 4.46. The molecule has 2 aromatic heterocycles. The molecule has 0 saturated carbocycles. The van der Waals surface area contributed by atoms with Gasteiger partial charge in [0.25, 0.3) is 10.0 Å². The Hall–Kier alpha value is -2.68. The van der Waals surface area contributed by atoms with Crippen LogP contribution in [-0.2, 0) is 10.0 Å². The average Bonchev–Trinajstić information content (AvgIpc) is 2.82. The van der Waals surface area contributed by atoms with Crippen LogP contribution in [0.2, 0.25) is 0 Å². The largest absolute Gasteiger partial charge is 0.399 e. The summed E-state index contributed by atoms with van der Waals surface area (Å²) in [5, 5.41) is 7.00. The standard InChI is InChI=1S/C11H10N6O2S/c12-7-1-3-8(4-2-7)20(18,19)17-11-9-5-13-6-14-10(9)15-16-11/h1-6H,12H2,(H2,13,14,15,16,17). The quantitative estimate of drug-likeness (QED) is 0.610. The van der Waals surface area contributed by atoms with Crippen molar-refractivity contribution in [3.05, 3.63) is 36.8 Å². The van der Waals surface area contributed by atoms with E-state index in [1.807, 2.05) is 0 Å². The highest BCUT2D eigenvalue weighted by atomic mass is 32.2. The molecular formula is C11H10N6O2S. The van der Waals surface area contributed by atoms with Crippen molar-refractivity contribution in [3.8, 4) is 0 Å². The number of aromatic amines is 1. The fourth-order valence-electron chi connectivity index (χ4n) is 1.67. The first-order chi connectivity index (χ1) is 9.56. The van der Waals surface area contributed by atoms with Crippen LogP contribution in [0.5, 0.6) is 0 Å². The van der Waals surface area contributed by atoms with Crippen LogP contribution in [0.1, 0.15) is 0 Å². The van der Waals surface area contributed by atoms with Gasteiger partial charge in [0.05, 0.1) is 10.3 Å². The molecule has 0 spiro atoms. The highest BCUT2D eigenvalue weighted by molar-refractivity contribution is 7.92. The Bertz CT molecular complexity index is 856. The van der Waals surface area contributed by atoms with E-state index in [2.05, 4.69) is 24.9 Å². The van der Waals surface area contributed by atoms with Crippen molar-refractivity contribution in [2.45, 2.75) is 4.90 Å². The Morgan fingerprint density at radius 2 is 1.95 bits per heavy atom. The molecule has 2 heterocycles. The molecule has 4 N–H and O–H groups in total. The lowest BCUT2D eigenvalue weighted by atomic mass is 10.3. The first kappa shape index (κ1) is 12.4. The maximum Gasteiger partial charge on any atom is 0.263 e. The summed E-state index contributed by atoms with van der Waals surface area (Å²) in [7, 11) is -3.74. The van der Waals surface area contributed by atoms with Gasteiger partial charge in [0.15, 0.2) is 11.5 Å². The summed E-state index contributed by atoms with van der Waals surface area (Å²) in [6.07, 6.45) is 2.82. The van der Waals surface area contributed by atoms with Gasteiger partial charge in [-0.1, -0.05) is 0 Å². The number of nitrogens with two attached hydrogens (primary N) is 1. The van der Waals surface area contributed by atoms with E-state index in [9.17, 15) is 8.42 Å². The Balaban J connectivity index is 1.99. The highest BCUT2D eigenvalue weighted by Gasteiger charge is 2.17. The second-order valence-corrected chi connectivity index (χ2v) is 5.71. The van der Waals surface area contributed by atoms with Crippen molar-refractivity contribution in [1.82, 2.24) is 20.2 Å². The molecule has 3 aromatic rings. The van der Waals surface area contributed by atoms with E-state index >= 15 is 0 Å². The van der Waals surface area contributed by atoms with Gasteiger partial charge in [0, 0.05) is 11.9 Å². The zero-order valence-electron chi connectivity index (χ0n) is 10.1. The molecule has 0 aliphatic heterocycles. The van der Waals surface area contributed by atoms with Crippen molar-refractivity contribution in [3.63, 3.8) is 0 Å². The minimum absolute atomic E-state index is 0.0969. The van der Waals surface area contributed by atoms with Crippen LogP contribution in [0.15, 0.2) is 41.7 Å². The Morgan fingerprint density at radius 3 is 2.70 bits per heavy atom. The van der Waals surface area contributed by atoms with Gasteiger partial charge in [-0.2, -0.15) is 5.10 Å². The van der Waals surface area contributed by atoms with Gasteiger partial charge in [-0.05, 0) is 24.3 Å². The number of nitrogen functional groups attached to an aromatic ring is 1. The van der Waals surface area contributed by atoms with E-state index in [-0.39, 0.29) is 10.7 Å². The summed E-state index contributed by atoms with van der Waals surface area (Å²) in [5.41, 5.74) is 6.47. The monoisotopic (exact) mass is 290 g/mol. The molecule has 9 heteroatoms. The van der Waals surface area contributed by atoms with Crippen molar-refractivity contribution < 1.29 is 8.42 Å². The highest BCUT2D eigenvalue weighted by Crippen LogP contribution is 2.21. The number of aromatic nitrogens is 4. The van der Waals surface area contributed by atoms with E-state index < -0.39 is 10.0 Å². The maximum atomic E-state index is 12.2. The molecule has 8 nitrogen and oxygen atoms in total. The van der Waals surface area contributed by atoms with E-state index in [0.717, 1.165) is 0 Å². The smallest absolute Gasteiger partial charge is 0.263 e. The molecule has 0 unspecified atom stereocenters. The molecule has 1 aromatic carbocycles. The van der Waals surface area contributed by atoms with Crippen LogP contribution >= 0.6 is 0 Å². The van der Waals surface area contributed by atoms with Gasteiger partial charge in [-0.25, -0.2) is 18.4 Å². The van der Waals surface area contributed by atoms with E-state index in [0.29, 0.717) is 16.7 Å². The van der Waals surface area contributed by atoms with Crippen LogP contribution in [0, 0.1) is 0 Å². The Kier molecular flexibility index (Phi) is 2.75. The van der Waals surface area contributed by atoms with Gasteiger partial charge >= 0.3 is 0 Å². The van der Waals surface area contributed by atoms with E-state index in [1.165, 1.54) is 36.8 Å². The van der Waals surface area contributed by atoms with Crippen molar-refractivity contribution >= 4 is 32.6 Å². The lowest BCUT2D eigenvalue weighted by molar-refractivity contribution is 0.601. The van der Waals surface area contributed by atoms with Crippen LogP contribution in [0.25, 0.3) is 11.0 Å². The lowest BCUT2D eigenvalue weighted by Gasteiger charge is -2.05. The number of H-pyrrole nitrogens is 1. The number of anilines is 2. The van der Waals surface area contributed by atoms with Gasteiger partial charge in [-0.3, -0.25) is 9.82 Å². The summed E-state index contributed by atoms with van der Waals surface area (Å²) >= 11 is 0. The summed E-state index contributed by atoms with van der Waals surface area (Å²) in [6, 6.07) is 5.87. The first-order valence-corrected chi connectivity index (χ1v) is 7.07. The number of benzene rings is 1. The molecule has 3 rings (SSSR count). The molecule has 0 atom stereocenters. The lowest BCUT2D eigenvalue weighted by Crippen LogP contribution is -2.13. The SMILES string of the molecule is Nc1ccc(S(=O)(=O)Nc2n[nH]c3ncncc23)cc1. The third-order valence-corrected chi connectivity index (χ3v) is 4.02. The van der Waals surface area contributed by atoms with Crippen molar-refractivity contribution in [2.24, 2.45) is 0 Å². The number of sulfonamides is 1. The Morgan fingerprint density at radius 1 is 1.20 bits per heavy atom. The molecule has 0 amide bonds. The number of nitrogens with one attached hydrogen (secondary N) is 2.